The Morgan fingerprint density at radius 2 is 1.45 bits per heavy atom. The second-order valence-corrected chi connectivity index (χ2v) is 7.44. The van der Waals surface area contributed by atoms with Gasteiger partial charge < -0.3 is 14.7 Å². The summed E-state index contributed by atoms with van der Waals surface area (Å²) in [5, 5.41) is 9.78. The molecular weight excluding hydrogens is 362 g/mol. The van der Waals surface area contributed by atoms with Crippen molar-refractivity contribution in [1.29, 1.82) is 5.26 Å². The molecule has 0 aliphatic carbocycles. The molecule has 1 fully saturated rings. The summed E-state index contributed by atoms with van der Waals surface area (Å²) in [5.74, 6) is 0.531. The number of piperazine rings is 1. The van der Waals surface area contributed by atoms with Gasteiger partial charge >= 0.3 is 0 Å². The van der Waals surface area contributed by atoms with Crippen LogP contribution >= 0.6 is 0 Å². The van der Waals surface area contributed by atoms with Crippen LogP contribution in [0.1, 0.15) is 0 Å². The predicted octanol–water partition coefficient (Wildman–Crippen LogP) is 2.70. The molecule has 29 heavy (non-hydrogen) atoms. The summed E-state index contributed by atoms with van der Waals surface area (Å²) >= 11 is 0. The molecule has 2 aliphatic heterocycles. The highest BCUT2D eigenvalue weighted by Gasteiger charge is 2.32. The number of carbonyl (C=O) groups excluding carboxylic acids is 1. The lowest BCUT2D eigenvalue weighted by Gasteiger charge is -2.35. The van der Waals surface area contributed by atoms with E-state index in [9.17, 15) is 10.1 Å². The van der Waals surface area contributed by atoms with Gasteiger partial charge in [-0.3, -0.25) is 9.69 Å². The summed E-state index contributed by atoms with van der Waals surface area (Å²) in [6.07, 6.45) is 0. The highest BCUT2D eigenvalue weighted by molar-refractivity contribution is 6.03. The number of para-hydroxylation sites is 3. The summed E-state index contributed by atoms with van der Waals surface area (Å²) < 4.78 is 0. The Hall–Kier alpha value is -3.30. The van der Waals surface area contributed by atoms with E-state index in [4.69, 9.17) is 0 Å². The van der Waals surface area contributed by atoms with Crippen molar-refractivity contribution >= 4 is 22.8 Å². The molecule has 0 spiro atoms. The zero-order valence-electron chi connectivity index (χ0n) is 16.9. The molecule has 6 heteroatoms. The minimum Gasteiger partial charge on any atom is -0.369 e. The molecule has 2 aliphatic rings. The number of fused-ring (bicyclic) bond motifs is 1. The van der Waals surface area contributed by atoms with Crippen LogP contribution in [0.5, 0.6) is 0 Å². The molecular formula is C23H25N5O. The van der Waals surface area contributed by atoms with E-state index in [1.807, 2.05) is 66.4 Å². The maximum absolute atomic E-state index is 13.0. The zero-order chi connectivity index (χ0) is 20.4. The van der Waals surface area contributed by atoms with Gasteiger partial charge in [0.05, 0.1) is 17.9 Å². The number of benzene rings is 2. The van der Waals surface area contributed by atoms with E-state index in [0.29, 0.717) is 5.82 Å². The third-order valence-electron chi connectivity index (χ3n) is 5.71. The van der Waals surface area contributed by atoms with Crippen LogP contribution in [0.15, 0.2) is 66.0 Å². The van der Waals surface area contributed by atoms with Crippen LogP contribution in [0.4, 0.5) is 17.1 Å². The topological polar surface area (TPSA) is 53.8 Å². The lowest BCUT2D eigenvalue weighted by Crippen LogP contribution is -2.48. The highest BCUT2D eigenvalue weighted by atomic mass is 16.1. The third-order valence-corrected chi connectivity index (χ3v) is 5.71. The van der Waals surface area contributed by atoms with E-state index in [-0.39, 0.29) is 17.9 Å². The van der Waals surface area contributed by atoms with Gasteiger partial charge in [-0.05, 0) is 24.3 Å². The molecule has 0 N–H and O–H groups in total. The summed E-state index contributed by atoms with van der Waals surface area (Å²) in [6, 6.07) is 20.4. The molecule has 6 nitrogen and oxygen atoms in total. The molecule has 2 aromatic rings. The fourth-order valence-corrected chi connectivity index (χ4v) is 4.14. The molecule has 0 bridgehead atoms. The lowest BCUT2D eigenvalue weighted by molar-refractivity contribution is -0.116. The van der Waals surface area contributed by atoms with Crippen LogP contribution in [0.25, 0.3) is 0 Å². The van der Waals surface area contributed by atoms with Crippen molar-refractivity contribution in [3.63, 3.8) is 0 Å². The number of nitrogens with zero attached hydrogens (tertiary/aromatic N) is 5. The molecule has 0 amide bonds. The highest BCUT2D eigenvalue weighted by Crippen LogP contribution is 2.40. The average Bonchev–Trinajstić information content (AvgIpc) is 3.01. The Kier molecular flexibility index (Phi) is 5.24. The van der Waals surface area contributed by atoms with Crippen molar-refractivity contribution in [2.45, 2.75) is 0 Å². The molecule has 0 atom stereocenters. The number of ketones is 1. The fourth-order valence-electron chi connectivity index (χ4n) is 4.14. The molecule has 0 aromatic heterocycles. The van der Waals surface area contributed by atoms with Gasteiger partial charge in [0.2, 0.25) is 0 Å². The number of hydrogen-bond acceptors (Lipinski definition) is 6. The first-order valence-corrected chi connectivity index (χ1v) is 9.86. The maximum Gasteiger partial charge on any atom is 0.191 e. The first kappa shape index (κ1) is 19.0. The van der Waals surface area contributed by atoms with Crippen LogP contribution in [0, 0.1) is 11.3 Å². The van der Waals surface area contributed by atoms with Crippen LogP contribution in [-0.4, -0.2) is 57.5 Å². The summed E-state index contributed by atoms with van der Waals surface area (Å²) in [4.78, 5) is 21.4. The number of carbonyl (C=O) groups is 1. The third kappa shape index (κ3) is 3.57. The van der Waals surface area contributed by atoms with Crippen molar-refractivity contribution in [2.75, 3.05) is 61.5 Å². The molecule has 0 unspecified atom stereocenters. The normalized spacial score (nSPS) is 16.6. The van der Waals surface area contributed by atoms with Gasteiger partial charge in [0, 0.05) is 46.0 Å². The second-order valence-electron chi connectivity index (χ2n) is 7.44. The molecule has 1 saturated heterocycles. The average molecular weight is 387 g/mol. The van der Waals surface area contributed by atoms with Gasteiger partial charge in [-0.2, -0.15) is 5.26 Å². The Morgan fingerprint density at radius 3 is 2.00 bits per heavy atom. The SMILES string of the molecule is CN1C(=C(C#N)C(=O)CN2CCN(c3ccccc3)CC2)N(C)c2ccccc21. The molecule has 0 saturated carbocycles. The van der Waals surface area contributed by atoms with Crippen molar-refractivity contribution in [3.05, 3.63) is 66.0 Å². The van der Waals surface area contributed by atoms with E-state index in [1.54, 1.807) is 0 Å². The van der Waals surface area contributed by atoms with E-state index in [1.165, 1.54) is 5.69 Å². The van der Waals surface area contributed by atoms with Crippen LogP contribution in [0.2, 0.25) is 0 Å². The number of rotatable bonds is 4. The minimum atomic E-state index is -0.123. The van der Waals surface area contributed by atoms with Gasteiger partial charge in [0.1, 0.15) is 17.5 Å². The van der Waals surface area contributed by atoms with E-state index in [2.05, 4.69) is 28.0 Å². The Balaban J connectivity index is 1.46. The van der Waals surface area contributed by atoms with Crippen molar-refractivity contribution in [3.8, 4) is 6.07 Å². The number of Topliss-reactive ketones (excluding diaryl/α,β-unsaturated/α-hetero) is 1. The number of anilines is 3. The molecule has 0 radical (unpaired) electrons. The second kappa shape index (κ2) is 7.98. The predicted molar refractivity (Wildman–Crippen MR) is 116 cm³/mol. The van der Waals surface area contributed by atoms with Crippen LogP contribution in [0.3, 0.4) is 0 Å². The lowest BCUT2D eigenvalue weighted by atomic mass is 10.1. The van der Waals surface area contributed by atoms with E-state index >= 15 is 0 Å². The molecule has 148 valence electrons. The molecule has 4 rings (SSSR count). The quantitative estimate of drug-likeness (QED) is 0.594. The first-order valence-electron chi connectivity index (χ1n) is 9.86. The Morgan fingerprint density at radius 1 is 0.897 bits per heavy atom. The summed E-state index contributed by atoms with van der Waals surface area (Å²) in [6.45, 7) is 3.64. The smallest absolute Gasteiger partial charge is 0.191 e. The van der Waals surface area contributed by atoms with Gasteiger partial charge in [-0.1, -0.05) is 30.3 Å². The van der Waals surface area contributed by atoms with E-state index < -0.39 is 0 Å². The van der Waals surface area contributed by atoms with Gasteiger partial charge in [-0.15, -0.1) is 0 Å². The minimum absolute atomic E-state index is 0.123. The Bertz CT molecular complexity index is 939. The van der Waals surface area contributed by atoms with Gasteiger partial charge in [0.15, 0.2) is 5.78 Å². The van der Waals surface area contributed by atoms with Crippen LogP contribution in [-0.2, 0) is 4.79 Å². The fraction of sp³-hybridized carbons (Fsp3) is 0.304. The van der Waals surface area contributed by atoms with Crippen LogP contribution < -0.4 is 14.7 Å². The van der Waals surface area contributed by atoms with Crippen molar-refractivity contribution in [2.24, 2.45) is 0 Å². The maximum atomic E-state index is 13.0. The van der Waals surface area contributed by atoms with Gasteiger partial charge in [-0.25, -0.2) is 0 Å². The zero-order valence-corrected chi connectivity index (χ0v) is 16.9. The molecule has 2 aromatic carbocycles. The summed E-state index contributed by atoms with van der Waals surface area (Å²) in [7, 11) is 3.81. The first-order chi connectivity index (χ1) is 14.1. The Labute approximate surface area is 171 Å². The number of hydrogen-bond donors (Lipinski definition) is 0. The summed E-state index contributed by atoms with van der Waals surface area (Å²) in [5.41, 5.74) is 3.44. The monoisotopic (exact) mass is 387 g/mol. The van der Waals surface area contributed by atoms with Crippen molar-refractivity contribution < 1.29 is 4.79 Å². The van der Waals surface area contributed by atoms with Crippen molar-refractivity contribution in [1.82, 2.24) is 4.90 Å². The van der Waals surface area contributed by atoms with E-state index in [0.717, 1.165) is 37.6 Å². The standard InChI is InChI=1S/C23H25N5O/c1-25-20-10-6-7-11-21(20)26(2)23(25)19(16-24)22(29)17-27-12-14-28(15-13-27)18-8-4-3-5-9-18/h3-11H,12-15,17H2,1-2H3. The molecule has 2 heterocycles. The van der Waals surface area contributed by atoms with Gasteiger partial charge in [0.25, 0.3) is 0 Å². The largest absolute Gasteiger partial charge is 0.369 e. The number of nitriles is 1.